The molecule has 3 aliphatic carbocycles. The Bertz CT molecular complexity index is 1320. The van der Waals surface area contributed by atoms with E-state index in [9.17, 15) is 19.7 Å². The van der Waals surface area contributed by atoms with Crippen LogP contribution in [-0.4, -0.2) is 16.7 Å². The van der Waals surface area contributed by atoms with Crippen molar-refractivity contribution in [1.29, 1.82) is 0 Å². The Labute approximate surface area is 192 Å². The van der Waals surface area contributed by atoms with E-state index < -0.39 is 40.0 Å². The van der Waals surface area contributed by atoms with E-state index in [1.807, 2.05) is 12.1 Å². The first kappa shape index (κ1) is 19.5. The van der Waals surface area contributed by atoms with Gasteiger partial charge in [-0.3, -0.25) is 19.7 Å². The van der Waals surface area contributed by atoms with Crippen LogP contribution in [0.1, 0.15) is 28.2 Å². The number of benzene rings is 3. The molecule has 0 aromatic heterocycles. The molecular formula is C24H14Cl2N2O4. The zero-order chi connectivity index (χ0) is 22.4. The number of carbonyl (C=O) groups excluding carboxylic acids is 2. The maximum atomic E-state index is 13.8. The van der Waals surface area contributed by atoms with Gasteiger partial charge in [0, 0.05) is 22.0 Å². The van der Waals surface area contributed by atoms with Crippen molar-refractivity contribution < 1.29 is 14.5 Å². The minimum atomic E-state index is -1.86. The number of nitrogens with zero attached hydrogens (tertiary/aromatic N) is 2. The average Bonchev–Trinajstić information content (AvgIpc) is 3.06. The molecule has 6 nitrogen and oxygen atoms in total. The number of halogens is 2. The Morgan fingerprint density at radius 1 is 0.844 bits per heavy atom. The maximum absolute atomic E-state index is 13.8. The standard InChI is InChI=1S/C24H14Cl2N2O4/c25-16-10-5-11-17(21(16)26)27-22(29)19-18-12-6-1-3-8-14(12)24(28(31)32,20(19)23(27)30)15-9-4-2-7-13(15)18/h1-11,18-20H/t18?,19-,20-,24?/m1/s1. The Hall–Kier alpha value is -3.22. The lowest BCUT2D eigenvalue weighted by Crippen LogP contribution is -2.57. The number of imide groups is 1. The summed E-state index contributed by atoms with van der Waals surface area (Å²) < 4.78 is 0. The molecule has 3 aromatic rings. The highest BCUT2D eigenvalue weighted by Crippen LogP contribution is 2.64. The monoisotopic (exact) mass is 464 g/mol. The molecule has 3 aromatic carbocycles. The Balaban J connectivity index is 1.68. The summed E-state index contributed by atoms with van der Waals surface area (Å²) in [6.07, 6.45) is 0. The minimum absolute atomic E-state index is 0.0621. The van der Waals surface area contributed by atoms with E-state index in [4.69, 9.17) is 23.2 Å². The summed E-state index contributed by atoms with van der Waals surface area (Å²) in [5.41, 5.74) is 0.646. The van der Waals surface area contributed by atoms with Gasteiger partial charge in [-0.05, 0) is 23.3 Å². The number of hydrogen-bond acceptors (Lipinski definition) is 4. The quantitative estimate of drug-likeness (QED) is 0.310. The molecule has 0 radical (unpaired) electrons. The molecule has 2 atom stereocenters. The zero-order valence-corrected chi connectivity index (χ0v) is 17.9. The van der Waals surface area contributed by atoms with Gasteiger partial charge in [0.15, 0.2) is 0 Å². The first-order valence-electron chi connectivity index (χ1n) is 10.1. The van der Waals surface area contributed by atoms with E-state index in [1.54, 1.807) is 48.5 Å². The van der Waals surface area contributed by atoms with Crippen molar-refractivity contribution in [2.45, 2.75) is 11.5 Å². The van der Waals surface area contributed by atoms with Crippen LogP contribution < -0.4 is 4.90 Å². The maximum Gasteiger partial charge on any atom is 0.285 e. The predicted octanol–water partition coefficient (Wildman–Crippen LogP) is 4.78. The largest absolute Gasteiger partial charge is 0.285 e. The molecule has 0 N–H and O–H groups in total. The highest BCUT2D eigenvalue weighted by Gasteiger charge is 2.74. The van der Waals surface area contributed by atoms with Gasteiger partial charge in [0.2, 0.25) is 11.8 Å². The molecule has 0 spiro atoms. The van der Waals surface area contributed by atoms with Gasteiger partial charge in [-0.2, -0.15) is 0 Å². The first-order chi connectivity index (χ1) is 15.4. The number of carbonyl (C=O) groups is 2. The van der Waals surface area contributed by atoms with Crippen LogP contribution in [0.2, 0.25) is 10.0 Å². The highest BCUT2D eigenvalue weighted by molar-refractivity contribution is 6.45. The van der Waals surface area contributed by atoms with Crippen LogP contribution in [0.4, 0.5) is 5.69 Å². The molecule has 32 heavy (non-hydrogen) atoms. The Kier molecular flexibility index (Phi) is 3.89. The lowest BCUT2D eigenvalue weighted by Gasteiger charge is -2.48. The molecule has 158 valence electrons. The molecular weight excluding hydrogens is 451 g/mol. The minimum Gasteiger partial charge on any atom is -0.274 e. The zero-order valence-electron chi connectivity index (χ0n) is 16.4. The summed E-state index contributed by atoms with van der Waals surface area (Å²) in [5, 5.41) is 13.1. The molecule has 0 unspecified atom stereocenters. The number of amides is 2. The van der Waals surface area contributed by atoms with Gasteiger partial charge in [-0.1, -0.05) is 77.8 Å². The molecule has 0 saturated carbocycles. The van der Waals surface area contributed by atoms with Gasteiger partial charge in [0.05, 0.1) is 21.7 Å². The summed E-state index contributed by atoms with van der Waals surface area (Å²) in [6, 6.07) is 18.8. The molecule has 7 rings (SSSR count). The smallest absolute Gasteiger partial charge is 0.274 e. The summed E-state index contributed by atoms with van der Waals surface area (Å²) in [7, 11) is 0. The summed E-state index contributed by atoms with van der Waals surface area (Å²) in [5.74, 6) is -3.68. The Morgan fingerprint density at radius 2 is 1.44 bits per heavy atom. The number of hydrogen-bond donors (Lipinski definition) is 0. The van der Waals surface area contributed by atoms with Crippen molar-refractivity contribution in [1.82, 2.24) is 0 Å². The van der Waals surface area contributed by atoms with Crippen LogP contribution in [0.5, 0.6) is 0 Å². The number of anilines is 1. The molecule has 8 heteroatoms. The fourth-order valence-corrected chi connectivity index (χ4v) is 6.32. The summed E-state index contributed by atoms with van der Waals surface area (Å²) in [6.45, 7) is 0. The van der Waals surface area contributed by atoms with E-state index in [0.29, 0.717) is 22.3 Å². The second-order valence-corrected chi connectivity index (χ2v) is 9.05. The Morgan fingerprint density at radius 3 is 2.03 bits per heavy atom. The van der Waals surface area contributed by atoms with Crippen LogP contribution >= 0.6 is 23.2 Å². The molecule has 2 bridgehead atoms. The highest BCUT2D eigenvalue weighted by atomic mass is 35.5. The first-order valence-corrected chi connectivity index (χ1v) is 10.8. The van der Waals surface area contributed by atoms with Crippen molar-refractivity contribution in [2.24, 2.45) is 11.8 Å². The lowest BCUT2D eigenvalue weighted by atomic mass is 9.51. The summed E-state index contributed by atoms with van der Waals surface area (Å²) in [4.78, 5) is 41.1. The second-order valence-electron chi connectivity index (χ2n) is 8.26. The van der Waals surface area contributed by atoms with Gasteiger partial charge in [0.1, 0.15) is 5.92 Å². The molecule has 2 amide bonds. The molecule has 1 aliphatic heterocycles. The van der Waals surface area contributed by atoms with Crippen molar-refractivity contribution in [3.8, 4) is 0 Å². The molecule has 1 saturated heterocycles. The fourth-order valence-electron chi connectivity index (χ4n) is 5.94. The molecule has 1 heterocycles. The topological polar surface area (TPSA) is 80.5 Å². The normalized spacial score (nSPS) is 27.2. The van der Waals surface area contributed by atoms with Gasteiger partial charge >= 0.3 is 0 Å². The summed E-state index contributed by atoms with van der Waals surface area (Å²) >= 11 is 12.5. The number of nitro groups is 1. The SMILES string of the molecule is O=C1[C@@H]2C3c4ccccc4C([N+](=O)[O-])(c4ccccc43)[C@H]2C(=O)N1c1cccc(Cl)c1Cl. The van der Waals surface area contributed by atoms with Crippen LogP contribution in [0.3, 0.4) is 0 Å². The van der Waals surface area contributed by atoms with Crippen LogP contribution in [-0.2, 0) is 15.1 Å². The van der Waals surface area contributed by atoms with Crippen LogP contribution in [0.25, 0.3) is 0 Å². The lowest BCUT2D eigenvalue weighted by molar-refractivity contribution is -0.578. The fraction of sp³-hybridized carbons (Fsp3) is 0.167. The van der Waals surface area contributed by atoms with E-state index in [2.05, 4.69) is 0 Å². The number of rotatable bonds is 2. The van der Waals surface area contributed by atoms with E-state index in [0.717, 1.165) is 4.90 Å². The third-order valence-electron chi connectivity index (χ3n) is 7.03. The van der Waals surface area contributed by atoms with Crippen LogP contribution in [0, 0.1) is 22.0 Å². The van der Waals surface area contributed by atoms with Crippen molar-refractivity contribution in [3.63, 3.8) is 0 Å². The van der Waals surface area contributed by atoms with Crippen LogP contribution in [0.15, 0.2) is 66.7 Å². The van der Waals surface area contributed by atoms with E-state index in [-0.39, 0.29) is 15.7 Å². The molecule has 1 fully saturated rings. The van der Waals surface area contributed by atoms with Gasteiger partial charge in [-0.25, -0.2) is 4.90 Å². The van der Waals surface area contributed by atoms with Gasteiger partial charge in [0.25, 0.3) is 5.54 Å². The molecule has 4 aliphatic rings. The van der Waals surface area contributed by atoms with E-state index >= 15 is 0 Å². The second kappa shape index (κ2) is 6.40. The third-order valence-corrected chi connectivity index (χ3v) is 7.84. The van der Waals surface area contributed by atoms with Gasteiger partial charge in [-0.15, -0.1) is 0 Å². The van der Waals surface area contributed by atoms with Gasteiger partial charge < -0.3 is 0 Å². The van der Waals surface area contributed by atoms with Crippen molar-refractivity contribution >= 4 is 40.7 Å². The van der Waals surface area contributed by atoms with Crippen molar-refractivity contribution in [3.05, 3.63) is 109 Å². The third kappa shape index (κ3) is 2.07. The average molecular weight is 465 g/mol. The van der Waals surface area contributed by atoms with E-state index in [1.165, 1.54) is 6.07 Å². The van der Waals surface area contributed by atoms with Crippen molar-refractivity contribution in [2.75, 3.05) is 4.90 Å². The predicted molar refractivity (Wildman–Crippen MR) is 118 cm³/mol.